The Morgan fingerprint density at radius 2 is 1.95 bits per heavy atom. The number of pyridine rings is 1. The average Bonchev–Trinajstić information content (AvgIpc) is 2.36. The Hall–Kier alpha value is -0.620. The molecule has 7 heteroatoms. The maximum absolute atomic E-state index is 12.1. The van der Waals surface area contributed by atoms with E-state index < -0.39 is 0 Å². The minimum atomic E-state index is -0.323. The number of carbonyl (C=O) groups excluding carboxylic acids is 1. The third-order valence-corrected chi connectivity index (χ3v) is 3.89. The van der Waals surface area contributed by atoms with Crippen LogP contribution >= 0.6 is 55.1 Å². The molecule has 98 valence electrons. The topological polar surface area (TPSA) is 42.0 Å². The molecule has 1 N–H and O–H groups in total. The normalized spacial score (nSPS) is 10.3. The number of amides is 1. The molecule has 1 amide bonds. The first-order valence-corrected chi connectivity index (χ1v) is 7.39. The fourth-order valence-corrected chi connectivity index (χ4v) is 2.45. The second-order valence-electron chi connectivity index (χ2n) is 3.57. The number of rotatable bonds is 2. The predicted molar refractivity (Wildman–Crippen MR) is 84.1 cm³/mol. The lowest BCUT2D eigenvalue weighted by atomic mass is 10.2. The zero-order chi connectivity index (χ0) is 14.0. The van der Waals surface area contributed by atoms with Crippen molar-refractivity contribution in [2.45, 2.75) is 0 Å². The van der Waals surface area contributed by atoms with Crippen LogP contribution in [0.25, 0.3) is 0 Å². The number of nitrogens with zero attached hydrogens (tertiary/aromatic N) is 1. The molecule has 19 heavy (non-hydrogen) atoms. The maximum atomic E-state index is 12.1. The van der Waals surface area contributed by atoms with E-state index in [1.165, 1.54) is 0 Å². The molecule has 0 aliphatic heterocycles. The number of aromatic nitrogens is 1. The van der Waals surface area contributed by atoms with Gasteiger partial charge in [-0.1, -0.05) is 23.2 Å². The Bertz CT molecular complexity index is 650. The third kappa shape index (κ3) is 3.69. The molecule has 1 aromatic carbocycles. The Morgan fingerprint density at radius 1 is 1.21 bits per heavy atom. The van der Waals surface area contributed by atoms with Gasteiger partial charge in [0, 0.05) is 20.2 Å². The summed E-state index contributed by atoms with van der Waals surface area (Å²) in [6, 6.07) is 6.64. The van der Waals surface area contributed by atoms with Gasteiger partial charge < -0.3 is 5.32 Å². The van der Waals surface area contributed by atoms with Crippen molar-refractivity contribution in [1.82, 2.24) is 4.98 Å². The van der Waals surface area contributed by atoms with Crippen LogP contribution in [0.2, 0.25) is 10.2 Å². The van der Waals surface area contributed by atoms with Crippen molar-refractivity contribution in [2.24, 2.45) is 0 Å². The molecule has 0 saturated heterocycles. The van der Waals surface area contributed by atoms with Crippen LogP contribution in [-0.4, -0.2) is 10.9 Å². The molecular formula is C12H6Br2Cl2N2O. The quantitative estimate of drug-likeness (QED) is 0.676. The summed E-state index contributed by atoms with van der Waals surface area (Å²) in [5.74, 6) is -0.323. The molecular weight excluding hydrogens is 419 g/mol. The average molecular weight is 425 g/mol. The number of carbonyl (C=O) groups is 1. The molecule has 0 saturated carbocycles. The standard InChI is InChI=1S/C12H6Br2Cl2N2O/c13-6-3-10(11(16)17-5-6)18-12(19)8-4-7(15)1-2-9(8)14/h1-5H,(H,18,19). The SMILES string of the molecule is O=C(Nc1cc(Br)cnc1Cl)c1cc(Cl)ccc1Br. The second-order valence-corrected chi connectivity index (χ2v) is 6.13. The number of nitrogens with one attached hydrogen (secondary N) is 1. The van der Waals surface area contributed by atoms with Crippen molar-refractivity contribution in [3.05, 3.63) is 55.1 Å². The van der Waals surface area contributed by atoms with Crippen molar-refractivity contribution in [3.8, 4) is 0 Å². The number of halogens is 4. The van der Waals surface area contributed by atoms with Gasteiger partial charge in [-0.05, 0) is 56.1 Å². The van der Waals surface area contributed by atoms with Crippen molar-refractivity contribution in [1.29, 1.82) is 0 Å². The summed E-state index contributed by atoms with van der Waals surface area (Å²) in [5, 5.41) is 3.38. The van der Waals surface area contributed by atoms with Gasteiger partial charge in [0.1, 0.15) is 0 Å². The minimum absolute atomic E-state index is 0.217. The first kappa shape index (κ1) is 14.8. The summed E-state index contributed by atoms with van der Waals surface area (Å²) >= 11 is 18.4. The van der Waals surface area contributed by atoms with E-state index in [1.807, 2.05) is 0 Å². The van der Waals surface area contributed by atoms with Crippen molar-refractivity contribution in [2.75, 3.05) is 5.32 Å². The molecule has 0 aliphatic carbocycles. The highest BCUT2D eigenvalue weighted by Crippen LogP contribution is 2.26. The van der Waals surface area contributed by atoms with Gasteiger partial charge >= 0.3 is 0 Å². The lowest BCUT2D eigenvalue weighted by Gasteiger charge is -2.08. The highest BCUT2D eigenvalue weighted by atomic mass is 79.9. The van der Waals surface area contributed by atoms with Crippen LogP contribution < -0.4 is 5.32 Å². The molecule has 0 radical (unpaired) electrons. The fraction of sp³-hybridized carbons (Fsp3) is 0. The highest BCUT2D eigenvalue weighted by Gasteiger charge is 2.13. The Balaban J connectivity index is 2.30. The minimum Gasteiger partial charge on any atom is -0.319 e. The monoisotopic (exact) mass is 422 g/mol. The molecule has 2 aromatic rings. The molecule has 0 bridgehead atoms. The van der Waals surface area contributed by atoms with Gasteiger partial charge in [0.05, 0.1) is 11.3 Å². The van der Waals surface area contributed by atoms with Crippen LogP contribution in [0.3, 0.4) is 0 Å². The van der Waals surface area contributed by atoms with Crippen LogP contribution in [0, 0.1) is 0 Å². The largest absolute Gasteiger partial charge is 0.319 e. The van der Waals surface area contributed by atoms with Crippen LogP contribution in [0.5, 0.6) is 0 Å². The van der Waals surface area contributed by atoms with Crippen LogP contribution in [-0.2, 0) is 0 Å². The highest BCUT2D eigenvalue weighted by molar-refractivity contribution is 9.10. The van der Waals surface area contributed by atoms with E-state index in [0.29, 0.717) is 20.7 Å². The molecule has 2 rings (SSSR count). The molecule has 0 unspecified atom stereocenters. The van der Waals surface area contributed by atoms with E-state index in [4.69, 9.17) is 23.2 Å². The van der Waals surface area contributed by atoms with E-state index in [2.05, 4.69) is 42.2 Å². The second kappa shape index (κ2) is 6.22. The summed E-state index contributed by atoms with van der Waals surface area (Å²) in [6.07, 6.45) is 1.55. The summed E-state index contributed by atoms with van der Waals surface area (Å²) < 4.78 is 1.37. The van der Waals surface area contributed by atoms with Gasteiger partial charge in [0.15, 0.2) is 5.15 Å². The van der Waals surface area contributed by atoms with E-state index in [1.54, 1.807) is 30.5 Å². The van der Waals surface area contributed by atoms with Crippen molar-refractivity contribution in [3.63, 3.8) is 0 Å². The lowest BCUT2D eigenvalue weighted by Crippen LogP contribution is -2.13. The molecule has 0 atom stereocenters. The number of benzene rings is 1. The van der Waals surface area contributed by atoms with E-state index in [-0.39, 0.29) is 11.1 Å². The third-order valence-electron chi connectivity index (χ3n) is 2.23. The van der Waals surface area contributed by atoms with Gasteiger partial charge in [0.2, 0.25) is 0 Å². The lowest BCUT2D eigenvalue weighted by molar-refractivity contribution is 0.102. The van der Waals surface area contributed by atoms with Gasteiger partial charge in [0.25, 0.3) is 5.91 Å². The molecule has 1 heterocycles. The van der Waals surface area contributed by atoms with Gasteiger partial charge in [-0.2, -0.15) is 0 Å². The van der Waals surface area contributed by atoms with Gasteiger partial charge in [-0.15, -0.1) is 0 Å². The zero-order valence-electron chi connectivity index (χ0n) is 9.25. The zero-order valence-corrected chi connectivity index (χ0v) is 13.9. The molecule has 1 aromatic heterocycles. The summed E-state index contributed by atoms with van der Waals surface area (Å²) in [6.45, 7) is 0. The Morgan fingerprint density at radius 3 is 2.68 bits per heavy atom. The van der Waals surface area contributed by atoms with Gasteiger partial charge in [-0.25, -0.2) is 4.98 Å². The maximum Gasteiger partial charge on any atom is 0.256 e. The number of hydrogen-bond acceptors (Lipinski definition) is 2. The smallest absolute Gasteiger partial charge is 0.256 e. The molecule has 0 aliphatic rings. The van der Waals surface area contributed by atoms with Crippen LogP contribution in [0.15, 0.2) is 39.4 Å². The number of hydrogen-bond donors (Lipinski definition) is 1. The summed E-state index contributed by atoms with van der Waals surface area (Å²) in [5.41, 5.74) is 0.844. The van der Waals surface area contributed by atoms with E-state index in [9.17, 15) is 4.79 Å². The first-order valence-electron chi connectivity index (χ1n) is 5.05. The summed E-state index contributed by atoms with van der Waals surface area (Å²) in [7, 11) is 0. The Labute approximate surface area is 136 Å². The number of anilines is 1. The molecule has 3 nitrogen and oxygen atoms in total. The van der Waals surface area contributed by atoms with Crippen molar-refractivity contribution < 1.29 is 4.79 Å². The Kier molecular flexibility index (Phi) is 4.84. The van der Waals surface area contributed by atoms with Crippen LogP contribution in [0.1, 0.15) is 10.4 Å². The predicted octanol–water partition coefficient (Wildman–Crippen LogP) is 5.17. The van der Waals surface area contributed by atoms with Crippen LogP contribution in [0.4, 0.5) is 5.69 Å². The van der Waals surface area contributed by atoms with Crippen molar-refractivity contribution >= 4 is 66.7 Å². The first-order chi connectivity index (χ1) is 8.97. The van der Waals surface area contributed by atoms with Gasteiger partial charge in [-0.3, -0.25) is 4.79 Å². The molecule has 0 fully saturated rings. The van der Waals surface area contributed by atoms with E-state index in [0.717, 1.165) is 4.47 Å². The molecule has 0 spiro atoms. The van der Waals surface area contributed by atoms with E-state index >= 15 is 0 Å². The fourth-order valence-electron chi connectivity index (χ4n) is 1.37. The summed E-state index contributed by atoms with van der Waals surface area (Å²) in [4.78, 5) is 16.1.